The van der Waals surface area contributed by atoms with Crippen molar-refractivity contribution in [1.82, 2.24) is 4.90 Å². The summed E-state index contributed by atoms with van der Waals surface area (Å²) in [6.45, 7) is 10.5. The molecule has 5 nitrogen and oxygen atoms in total. The summed E-state index contributed by atoms with van der Waals surface area (Å²) in [5, 5.41) is 4.71. The largest absolute Gasteiger partial charge is 0.495 e. The average molecular weight is 658 g/mol. The molecule has 1 spiro atoms. The van der Waals surface area contributed by atoms with Crippen LogP contribution in [-0.2, 0) is 11.6 Å². The van der Waals surface area contributed by atoms with Gasteiger partial charge in [0.05, 0.1) is 34.8 Å². The van der Waals surface area contributed by atoms with Gasteiger partial charge in [-0.15, -0.1) is 11.8 Å². The van der Waals surface area contributed by atoms with Crippen molar-refractivity contribution in [1.29, 1.82) is 0 Å². The Morgan fingerprint density at radius 1 is 1.04 bits per heavy atom. The van der Waals surface area contributed by atoms with Gasteiger partial charge in [-0.3, -0.25) is 4.79 Å². The molecular formula is C35H39ClF3N3O2S. The minimum absolute atomic E-state index is 0.154. The Morgan fingerprint density at radius 3 is 2.31 bits per heavy atom. The number of hydrogen-bond acceptors (Lipinski definition) is 6. The summed E-state index contributed by atoms with van der Waals surface area (Å²) >= 11 is 8.34. The van der Waals surface area contributed by atoms with E-state index in [1.165, 1.54) is 30.0 Å². The predicted molar refractivity (Wildman–Crippen MR) is 179 cm³/mol. The van der Waals surface area contributed by atoms with Crippen LogP contribution >= 0.6 is 23.4 Å². The first kappa shape index (κ1) is 33.2. The fourth-order valence-electron chi connectivity index (χ4n) is 6.49. The summed E-state index contributed by atoms with van der Waals surface area (Å²) in [6.07, 6.45) is 0.733. The Morgan fingerprint density at radius 2 is 1.71 bits per heavy atom. The minimum atomic E-state index is -4.46. The highest BCUT2D eigenvalue weighted by Crippen LogP contribution is 2.56. The SMILES string of the molecule is COc1ccc(Cl)c2c1N(c1ccccc1NC(=CC(=O)c1ccc(C(F)(F)F)cc1)SC)CC21CCN(CC(C)(C)C)CC1. The van der Waals surface area contributed by atoms with Crippen LogP contribution in [0.1, 0.15) is 55.1 Å². The smallest absolute Gasteiger partial charge is 0.416 e. The summed E-state index contributed by atoms with van der Waals surface area (Å²) in [6, 6.07) is 16.0. The fraction of sp³-hybridized carbons (Fsp3) is 0.400. The van der Waals surface area contributed by atoms with E-state index in [0.29, 0.717) is 5.03 Å². The summed E-state index contributed by atoms with van der Waals surface area (Å²) in [5.41, 5.74) is 3.22. The van der Waals surface area contributed by atoms with Gasteiger partial charge >= 0.3 is 6.18 Å². The summed E-state index contributed by atoms with van der Waals surface area (Å²) in [4.78, 5) is 17.9. The lowest BCUT2D eigenvalue weighted by Crippen LogP contribution is -2.47. The van der Waals surface area contributed by atoms with Crippen LogP contribution in [0.15, 0.2) is 71.8 Å². The average Bonchev–Trinajstić information content (AvgIpc) is 3.32. The second-order valence-electron chi connectivity index (χ2n) is 13.0. The topological polar surface area (TPSA) is 44.8 Å². The Hall–Kier alpha value is -3.14. The number of nitrogens with one attached hydrogen (secondary N) is 1. The van der Waals surface area contributed by atoms with Crippen LogP contribution in [-0.4, -0.2) is 50.2 Å². The van der Waals surface area contributed by atoms with Crippen molar-refractivity contribution in [3.8, 4) is 5.75 Å². The van der Waals surface area contributed by atoms with E-state index in [1.807, 2.05) is 42.7 Å². The van der Waals surface area contributed by atoms with Gasteiger partial charge in [0.2, 0.25) is 0 Å². The number of allylic oxidation sites excluding steroid dienone is 1. The first-order valence-corrected chi connectivity index (χ1v) is 16.6. The van der Waals surface area contributed by atoms with Gasteiger partial charge in [-0.25, -0.2) is 0 Å². The highest BCUT2D eigenvalue weighted by Gasteiger charge is 2.48. The van der Waals surface area contributed by atoms with Crippen LogP contribution in [0, 0.1) is 5.41 Å². The van der Waals surface area contributed by atoms with Crippen LogP contribution < -0.4 is 15.0 Å². The lowest BCUT2D eigenvalue weighted by molar-refractivity contribution is -0.137. The molecule has 3 aromatic rings. The van der Waals surface area contributed by atoms with Gasteiger partial charge in [-0.1, -0.05) is 56.6 Å². The third-order valence-corrected chi connectivity index (χ3v) is 9.49. The molecule has 3 aromatic carbocycles. The van der Waals surface area contributed by atoms with Crippen LogP contribution in [0.25, 0.3) is 0 Å². The number of thioether (sulfide) groups is 1. The Labute approximate surface area is 272 Å². The zero-order chi connectivity index (χ0) is 32.6. The molecular weight excluding hydrogens is 619 g/mol. The maximum absolute atomic E-state index is 13.0. The molecule has 0 unspecified atom stereocenters. The molecule has 0 saturated carbocycles. The number of hydrogen-bond donors (Lipinski definition) is 1. The van der Waals surface area contributed by atoms with E-state index < -0.39 is 11.7 Å². The number of alkyl halides is 3. The number of halogens is 4. The van der Waals surface area contributed by atoms with Crippen molar-refractivity contribution in [3.05, 3.63) is 93.5 Å². The number of piperidine rings is 1. The van der Waals surface area contributed by atoms with E-state index in [2.05, 4.69) is 35.9 Å². The van der Waals surface area contributed by atoms with Crippen molar-refractivity contribution in [2.45, 2.75) is 45.2 Å². The molecule has 10 heteroatoms. The molecule has 0 atom stereocenters. The number of para-hydroxylation sites is 2. The number of rotatable bonds is 8. The third-order valence-electron chi connectivity index (χ3n) is 8.51. The molecule has 5 rings (SSSR count). The first-order valence-electron chi connectivity index (χ1n) is 14.9. The van der Waals surface area contributed by atoms with Gasteiger partial charge in [-0.2, -0.15) is 13.2 Å². The lowest BCUT2D eigenvalue weighted by Gasteiger charge is -2.42. The molecule has 45 heavy (non-hydrogen) atoms. The number of carbonyl (C=O) groups excluding carboxylic acids is 1. The Kier molecular flexibility index (Phi) is 9.55. The maximum Gasteiger partial charge on any atom is 0.416 e. The Bertz CT molecular complexity index is 1580. The number of carbonyl (C=O) groups is 1. The molecule has 2 aliphatic rings. The predicted octanol–water partition coefficient (Wildman–Crippen LogP) is 9.40. The Balaban J connectivity index is 1.46. The van der Waals surface area contributed by atoms with E-state index in [1.54, 1.807) is 7.11 Å². The van der Waals surface area contributed by atoms with Crippen molar-refractivity contribution in [2.75, 3.05) is 49.8 Å². The van der Waals surface area contributed by atoms with Gasteiger partial charge < -0.3 is 19.9 Å². The maximum atomic E-state index is 13.0. The summed E-state index contributed by atoms with van der Waals surface area (Å²) in [7, 11) is 1.67. The molecule has 0 aromatic heterocycles. The van der Waals surface area contributed by atoms with Crippen LogP contribution in [0.5, 0.6) is 5.75 Å². The zero-order valence-corrected chi connectivity index (χ0v) is 27.8. The highest BCUT2D eigenvalue weighted by molar-refractivity contribution is 8.02. The normalized spacial score (nSPS) is 17.0. The molecule has 0 amide bonds. The standard InChI is InChI=1S/C35H39ClF3N3O2S/c1-33(2,3)21-41-18-16-34(17-19-41)22-42(32-29(44-4)15-14-25(36)31(32)34)27-9-7-6-8-26(27)40-30(45-5)20-28(43)23-10-12-24(13-11-23)35(37,38)39/h6-15,20,40H,16-19,21-22H2,1-5H3. The summed E-state index contributed by atoms with van der Waals surface area (Å²) in [5.74, 6) is 0.357. The number of ether oxygens (including phenoxy) is 1. The quantitative estimate of drug-likeness (QED) is 0.192. The van der Waals surface area contributed by atoms with E-state index in [-0.39, 0.29) is 22.2 Å². The van der Waals surface area contributed by atoms with Gasteiger partial charge in [0.25, 0.3) is 0 Å². The van der Waals surface area contributed by atoms with Gasteiger partial charge in [0.1, 0.15) is 5.75 Å². The molecule has 0 aliphatic carbocycles. The molecule has 1 fully saturated rings. The number of likely N-dealkylation sites (tertiary alicyclic amines) is 1. The number of fused-ring (bicyclic) bond motifs is 2. The number of ketones is 1. The van der Waals surface area contributed by atoms with Gasteiger partial charge in [-0.05, 0) is 74.0 Å². The second kappa shape index (κ2) is 12.9. The van der Waals surface area contributed by atoms with Crippen LogP contribution in [0.4, 0.5) is 30.2 Å². The number of nitrogens with zero attached hydrogens (tertiary/aromatic N) is 2. The van der Waals surface area contributed by atoms with Crippen LogP contribution in [0.3, 0.4) is 0 Å². The lowest BCUT2D eigenvalue weighted by atomic mass is 9.74. The first-order chi connectivity index (χ1) is 21.2. The van der Waals surface area contributed by atoms with E-state index in [0.717, 1.165) is 84.6 Å². The molecule has 1 saturated heterocycles. The van der Waals surface area contributed by atoms with Crippen molar-refractivity contribution in [2.24, 2.45) is 5.41 Å². The second-order valence-corrected chi connectivity index (χ2v) is 14.2. The molecule has 2 aliphatic heterocycles. The number of anilines is 3. The van der Waals surface area contributed by atoms with Gasteiger partial charge in [0, 0.05) is 40.7 Å². The monoisotopic (exact) mass is 657 g/mol. The molecule has 0 bridgehead atoms. The molecule has 0 radical (unpaired) electrons. The zero-order valence-electron chi connectivity index (χ0n) is 26.2. The molecule has 240 valence electrons. The van der Waals surface area contributed by atoms with E-state index in [4.69, 9.17) is 16.3 Å². The number of methoxy groups -OCH3 is 1. The highest BCUT2D eigenvalue weighted by atomic mass is 35.5. The van der Waals surface area contributed by atoms with Crippen molar-refractivity contribution in [3.63, 3.8) is 0 Å². The number of benzene rings is 3. The third kappa shape index (κ3) is 7.16. The summed E-state index contributed by atoms with van der Waals surface area (Å²) < 4.78 is 44.9. The minimum Gasteiger partial charge on any atom is -0.495 e. The molecule has 1 N–H and O–H groups in total. The van der Waals surface area contributed by atoms with E-state index >= 15 is 0 Å². The van der Waals surface area contributed by atoms with Gasteiger partial charge in [0.15, 0.2) is 5.78 Å². The van der Waals surface area contributed by atoms with Crippen LogP contribution in [0.2, 0.25) is 5.02 Å². The molecule has 2 heterocycles. The fourth-order valence-corrected chi connectivity index (χ4v) is 7.28. The van der Waals surface area contributed by atoms with Crippen molar-refractivity contribution < 1.29 is 22.7 Å². The van der Waals surface area contributed by atoms with E-state index in [9.17, 15) is 18.0 Å². The van der Waals surface area contributed by atoms with Crippen molar-refractivity contribution >= 4 is 46.2 Å².